The van der Waals surface area contributed by atoms with Crippen molar-refractivity contribution in [1.29, 1.82) is 0 Å². The molecule has 5 nitrogen and oxygen atoms in total. The van der Waals surface area contributed by atoms with E-state index in [1.807, 2.05) is 18.2 Å². The molecule has 0 aliphatic heterocycles. The summed E-state index contributed by atoms with van der Waals surface area (Å²) in [5.74, 6) is 1.35. The van der Waals surface area contributed by atoms with Crippen molar-refractivity contribution in [2.45, 2.75) is 6.42 Å². The third-order valence-corrected chi connectivity index (χ3v) is 5.00. The summed E-state index contributed by atoms with van der Waals surface area (Å²) >= 11 is 0. The van der Waals surface area contributed by atoms with Gasteiger partial charge in [-0.2, -0.15) is 0 Å². The first-order chi connectivity index (χ1) is 13.5. The van der Waals surface area contributed by atoms with E-state index in [0.29, 0.717) is 17.9 Å². The molecule has 0 radical (unpaired) electrons. The fraction of sp³-hybridized carbons (Fsp3) is 0.130. The Bertz CT molecular complexity index is 1200. The topological polar surface area (TPSA) is 79.2 Å². The SMILES string of the molecule is COc1cc(Cc2c(O)cc(OC)c3c2ccc2cc(O)ccc23)ccc1O. The molecule has 142 valence electrons. The first-order valence-corrected chi connectivity index (χ1v) is 8.82. The fourth-order valence-corrected chi connectivity index (χ4v) is 3.64. The number of aromatic hydroxyl groups is 3. The van der Waals surface area contributed by atoms with Crippen LogP contribution in [0.25, 0.3) is 21.5 Å². The molecule has 0 aromatic heterocycles. The van der Waals surface area contributed by atoms with Gasteiger partial charge in [-0.25, -0.2) is 0 Å². The maximum Gasteiger partial charge on any atom is 0.160 e. The summed E-state index contributed by atoms with van der Waals surface area (Å²) in [5.41, 5.74) is 1.64. The Morgan fingerprint density at radius 3 is 2.21 bits per heavy atom. The standard InChI is InChI=1S/C23H20O5/c1-27-21-10-13(3-8-19(21)25)9-18-17-6-4-14-11-15(24)5-7-16(14)23(17)22(28-2)12-20(18)26/h3-8,10-12,24-26H,9H2,1-2H3. The number of methoxy groups -OCH3 is 2. The zero-order valence-corrected chi connectivity index (χ0v) is 15.6. The molecular weight excluding hydrogens is 356 g/mol. The maximum atomic E-state index is 10.7. The summed E-state index contributed by atoms with van der Waals surface area (Å²) in [6.07, 6.45) is 0.451. The Balaban J connectivity index is 1.96. The Morgan fingerprint density at radius 1 is 0.714 bits per heavy atom. The predicted octanol–water partition coefficient (Wildman–Crippen LogP) is 4.72. The van der Waals surface area contributed by atoms with Crippen molar-refractivity contribution in [3.8, 4) is 28.7 Å². The molecule has 0 spiro atoms. The highest BCUT2D eigenvalue weighted by Gasteiger charge is 2.16. The molecule has 0 aliphatic rings. The molecule has 28 heavy (non-hydrogen) atoms. The Kier molecular flexibility index (Phi) is 4.35. The van der Waals surface area contributed by atoms with Crippen molar-refractivity contribution < 1.29 is 24.8 Å². The molecule has 4 aromatic carbocycles. The van der Waals surface area contributed by atoms with E-state index >= 15 is 0 Å². The van der Waals surface area contributed by atoms with Gasteiger partial charge < -0.3 is 24.8 Å². The molecular formula is C23H20O5. The molecule has 0 saturated carbocycles. The van der Waals surface area contributed by atoms with Crippen LogP contribution in [0.1, 0.15) is 11.1 Å². The summed E-state index contributed by atoms with van der Waals surface area (Å²) in [4.78, 5) is 0. The van der Waals surface area contributed by atoms with Crippen LogP contribution in [0.3, 0.4) is 0 Å². The van der Waals surface area contributed by atoms with Gasteiger partial charge >= 0.3 is 0 Å². The van der Waals surface area contributed by atoms with Crippen molar-refractivity contribution in [3.05, 3.63) is 65.7 Å². The summed E-state index contributed by atoms with van der Waals surface area (Å²) in [5, 5.41) is 33.8. The lowest BCUT2D eigenvalue weighted by Gasteiger charge is -2.16. The van der Waals surface area contributed by atoms with Crippen LogP contribution in [-0.2, 0) is 6.42 Å². The van der Waals surface area contributed by atoms with E-state index in [0.717, 1.165) is 32.7 Å². The fourth-order valence-electron chi connectivity index (χ4n) is 3.64. The van der Waals surface area contributed by atoms with Crippen LogP contribution in [0.2, 0.25) is 0 Å². The van der Waals surface area contributed by atoms with Gasteiger partial charge in [-0.1, -0.05) is 18.2 Å². The molecule has 0 unspecified atom stereocenters. The van der Waals surface area contributed by atoms with E-state index in [-0.39, 0.29) is 17.2 Å². The molecule has 3 N–H and O–H groups in total. The predicted molar refractivity (Wildman–Crippen MR) is 109 cm³/mol. The molecule has 0 amide bonds. The quantitative estimate of drug-likeness (QED) is 0.449. The summed E-state index contributed by atoms with van der Waals surface area (Å²) in [7, 11) is 3.07. The lowest BCUT2D eigenvalue weighted by atomic mass is 9.93. The minimum atomic E-state index is 0.0702. The normalized spacial score (nSPS) is 11.1. The van der Waals surface area contributed by atoms with E-state index in [1.54, 1.807) is 43.5 Å². The zero-order valence-electron chi connectivity index (χ0n) is 15.6. The molecule has 0 saturated heterocycles. The Morgan fingerprint density at radius 2 is 1.46 bits per heavy atom. The van der Waals surface area contributed by atoms with Crippen molar-refractivity contribution in [1.82, 2.24) is 0 Å². The molecule has 0 fully saturated rings. The zero-order chi connectivity index (χ0) is 19.8. The lowest BCUT2D eigenvalue weighted by Crippen LogP contribution is -1.95. The van der Waals surface area contributed by atoms with E-state index in [9.17, 15) is 15.3 Å². The summed E-state index contributed by atoms with van der Waals surface area (Å²) in [6, 6.07) is 15.8. The van der Waals surface area contributed by atoms with Crippen LogP contribution in [0.15, 0.2) is 54.6 Å². The number of phenolic OH excluding ortho intramolecular Hbond substituents is 3. The van der Waals surface area contributed by atoms with E-state index in [2.05, 4.69) is 0 Å². The van der Waals surface area contributed by atoms with Gasteiger partial charge in [0, 0.05) is 23.4 Å². The van der Waals surface area contributed by atoms with Gasteiger partial charge in [0.2, 0.25) is 0 Å². The monoisotopic (exact) mass is 376 g/mol. The van der Waals surface area contributed by atoms with Crippen LogP contribution in [0.5, 0.6) is 28.7 Å². The van der Waals surface area contributed by atoms with Gasteiger partial charge in [0.05, 0.1) is 14.2 Å². The largest absolute Gasteiger partial charge is 0.508 e. The Hall–Kier alpha value is -3.60. The van der Waals surface area contributed by atoms with Crippen LogP contribution >= 0.6 is 0 Å². The average Bonchev–Trinajstić information content (AvgIpc) is 2.70. The van der Waals surface area contributed by atoms with Crippen molar-refractivity contribution in [2.75, 3.05) is 14.2 Å². The number of ether oxygens (including phenoxy) is 2. The second kappa shape index (κ2) is 6.85. The number of rotatable bonds is 4. The van der Waals surface area contributed by atoms with Gasteiger partial charge in [-0.15, -0.1) is 0 Å². The average molecular weight is 376 g/mol. The minimum absolute atomic E-state index is 0.0702. The third-order valence-electron chi connectivity index (χ3n) is 5.00. The van der Waals surface area contributed by atoms with Gasteiger partial charge in [-0.05, 0) is 52.1 Å². The third kappa shape index (κ3) is 2.91. The first kappa shape index (κ1) is 17.8. The summed E-state index contributed by atoms with van der Waals surface area (Å²) in [6.45, 7) is 0. The Labute approximate surface area is 162 Å². The lowest BCUT2D eigenvalue weighted by molar-refractivity contribution is 0.373. The highest BCUT2D eigenvalue weighted by molar-refractivity contribution is 6.12. The van der Waals surface area contributed by atoms with Crippen molar-refractivity contribution in [2.24, 2.45) is 0 Å². The van der Waals surface area contributed by atoms with Gasteiger partial charge in [-0.3, -0.25) is 0 Å². The molecule has 0 aliphatic carbocycles. The molecule has 0 bridgehead atoms. The molecule has 5 heteroatoms. The van der Waals surface area contributed by atoms with Gasteiger partial charge in [0.15, 0.2) is 11.5 Å². The maximum absolute atomic E-state index is 10.7. The highest BCUT2D eigenvalue weighted by Crippen LogP contribution is 2.41. The number of phenols is 3. The smallest absolute Gasteiger partial charge is 0.160 e. The van der Waals surface area contributed by atoms with Crippen molar-refractivity contribution >= 4 is 21.5 Å². The molecule has 4 aromatic rings. The van der Waals surface area contributed by atoms with Gasteiger partial charge in [0.25, 0.3) is 0 Å². The van der Waals surface area contributed by atoms with Crippen LogP contribution in [-0.4, -0.2) is 29.5 Å². The molecule has 0 atom stereocenters. The second-order valence-electron chi connectivity index (χ2n) is 6.65. The van der Waals surface area contributed by atoms with Crippen LogP contribution in [0.4, 0.5) is 0 Å². The highest BCUT2D eigenvalue weighted by atomic mass is 16.5. The minimum Gasteiger partial charge on any atom is -0.508 e. The number of hydrogen-bond donors (Lipinski definition) is 3. The van der Waals surface area contributed by atoms with Gasteiger partial charge in [0.1, 0.15) is 17.2 Å². The second-order valence-corrected chi connectivity index (χ2v) is 6.65. The first-order valence-electron chi connectivity index (χ1n) is 8.82. The number of hydrogen-bond acceptors (Lipinski definition) is 5. The van der Waals surface area contributed by atoms with E-state index < -0.39 is 0 Å². The summed E-state index contributed by atoms with van der Waals surface area (Å²) < 4.78 is 10.7. The number of benzene rings is 4. The number of fused-ring (bicyclic) bond motifs is 3. The van der Waals surface area contributed by atoms with Crippen molar-refractivity contribution in [3.63, 3.8) is 0 Å². The molecule has 0 heterocycles. The van der Waals surface area contributed by atoms with E-state index in [1.165, 1.54) is 7.11 Å². The van der Waals surface area contributed by atoms with E-state index in [4.69, 9.17) is 9.47 Å². The van der Waals surface area contributed by atoms with Crippen LogP contribution < -0.4 is 9.47 Å². The van der Waals surface area contributed by atoms with Crippen LogP contribution in [0, 0.1) is 0 Å². The molecule has 4 rings (SSSR count).